The third-order valence-corrected chi connectivity index (χ3v) is 6.59. The molecule has 0 bridgehead atoms. The Morgan fingerprint density at radius 3 is 2.33 bits per heavy atom. The zero-order valence-corrected chi connectivity index (χ0v) is 18.1. The van der Waals surface area contributed by atoms with Crippen LogP contribution in [-0.2, 0) is 11.8 Å². The number of hydrogen-bond acceptors (Lipinski definition) is 5. The van der Waals surface area contributed by atoms with E-state index in [0.29, 0.717) is 16.3 Å². The fourth-order valence-electron chi connectivity index (χ4n) is 3.57. The number of benzene rings is 2. The number of anilines is 1. The molecule has 0 spiro atoms. The van der Waals surface area contributed by atoms with Crippen LogP contribution in [0.25, 0.3) is 11.3 Å². The summed E-state index contributed by atoms with van der Waals surface area (Å²) in [4.78, 5) is 18.6. The Kier molecular flexibility index (Phi) is 6.10. The van der Waals surface area contributed by atoms with Crippen LogP contribution in [0, 0.1) is 11.3 Å². The number of thiazole rings is 1. The van der Waals surface area contributed by atoms with Crippen LogP contribution in [0.4, 0.5) is 23.7 Å². The zero-order valence-electron chi connectivity index (χ0n) is 17.3. The number of rotatable bonds is 3. The van der Waals surface area contributed by atoms with Crippen LogP contribution in [-0.4, -0.2) is 34.1 Å². The van der Waals surface area contributed by atoms with Gasteiger partial charge in [0.2, 0.25) is 0 Å². The highest BCUT2D eigenvalue weighted by atomic mass is 32.1. The largest absolute Gasteiger partial charge is 0.416 e. The average molecular weight is 472 g/mol. The molecule has 33 heavy (non-hydrogen) atoms. The minimum Gasteiger partial charge on any atom is -0.383 e. The molecule has 1 aromatic heterocycles. The highest BCUT2D eigenvalue weighted by molar-refractivity contribution is 7.10. The number of nitrogens with zero attached hydrogens (tertiary/aromatic N) is 3. The first-order valence-electron chi connectivity index (χ1n) is 10.1. The number of piperidine rings is 1. The van der Waals surface area contributed by atoms with Gasteiger partial charge < -0.3 is 15.3 Å². The van der Waals surface area contributed by atoms with Crippen molar-refractivity contribution in [3.63, 3.8) is 0 Å². The van der Waals surface area contributed by atoms with E-state index in [4.69, 9.17) is 5.26 Å². The SMILES string of the molecule is N#Cc1ccc(-c2csc(C3(O)CCN(C(=O)Nc4ccc(C(F)(F)F)cc4)CC3)n2)cc1. The summed E-state index contributed by atoms with van der Waals surface area (Å²) >= 11 is 1.34. The summed E-state index contributed by atoms with van der Waals surface area (Å²) in [6.07, 6.45) is -3.86. The predicted octanol–water partition coefficient (Wildman–Crippen LogP) is 5.22. The Bertz CT molecular complexity index is 1180. The van der Waals surface area contributed by atoms with Crippen LogP contribution in [0.1, 0.15) is 29.0 Å². The molecule has 10 heteroatoms. The standard InChI is InChI=1S/C23H19F3N4O2S/c24-23(25,26)17-5-7-18(8-6-17)28-21(31)30-11-9-22(32,10-12-30)20-29-19(14-33-20)16-3-1-15(13-27)2-4-16/h1-8,14,32H,9-12H2,(H,28,31). The highest BCUT2D eigenvalue weighted by Crippen LogP contribution is 2.37. The van der Waals surface area contributed by atoms with Crippen LogP contribution in [0.3, 0.4) is 0 Å². The van der Waals surface area contributed by atoms with Crippen LogP contribution in [0.5, 0.6) is 0 Å². The maximum Gasteiger partial charge on any atom is 0.416 e. The van der Waals surface area contributed by atoms with Crippen molar-refractivity contribution in [2.75, 3.05) is 18.4 Å². The van der Waals surface area contributed by atoms with Gasteiger partial charge >= 0.3 is 12.2 Å². The van der Waals surface area contributed by atoms with Gasteiger partial charge in [-0.05, 0) is 36.4 Å². The number of aromatic nitrogens is 1. The number of amides is 2. The molecule has 170 valence electrons. The number of halogens is 3. The number of nitrogens with one attached hydrogen (secondary N) is 1. The minimum atomic E-state index is -4.43. The smallest absolute Gasteiger partial charge is 0.383 e. The summed E-state index contributed by atoms with van der Waals surface area (Å²) in [5.41, 5.74) is 0.410. The number of likely N-dealkylation sites (tertiary alicyclic amines) is 1. The summed E-state index contributed by atoms with van der Waals surface area (Å²) in [5.74, 6) is 0. The number of aliphatic hydroxyl groups is 1. The van der Waals surface area contributed by atoms with Gasteiger partial charge in [-0.1, -0.05) is 12.1 Å². The van der Waals surface area contributed by atoms with Gasteiger partial charge in [0.05, 0.1) is 22.9 Å². The van der Waals surface area contributed by atoms with Crippen molar-refractivity contribution < 1.29 is 23.1 Å². The molecular formula is C23H19F3N4O2S. The van der Waals surface area contributed by atoms with Gasteiger partial charge in [0.25, 0.3) is 0 Å². The molecule has 0 atom stereocenters. The van der Waals surface area contributed by atoms with Crippen molar-refractivity contribution in [2.45, 2.75) is 24.6 Å². The van der Waals surface area contributed by atoms with Gasteiger partial charge in [0.15, 0.2) is 0 Å². The first-order valence-corrected chi connectivity index (χ1v) is 11.0. The Morgan fingerprint density at radius 2 is 1.76 bits per heavy atom. The molecule has 1 fully saturated rings. The van der Waals surface area contributed by atoms with E-state index < -0.39 is 23.4 Å². The molecule has 2 N–H and O–H groups in total. The molecule has 2 aromatic carbocycles. The Hall–Kier alpha value is -3.42. The van der Waals surface area contributed by atoms with E-state index in [-0.39, 0.29) is 31.6 Å². The Labute approximate surface area is 191 Å². The van der Waals surface area contributed by atoms with Crippen molar-refractivity contribution >= 4 is 23.1 Å². The molecule has 0 saturated carbocycles. The van der Waals surface area contributed by atoms with Gasteiger partial charge in [0.1, 0.15) is 10.6 Å². The number of alkyl halides is 3. The van der Waals surface area contributed by atoms with Crippen LogP contribution in [0.2, 0.25) is 0 Å². The van der Waals surface area contributed by atoms with Gasteiger partial charge in [-0.25, -0.2) is 9.78 Å². The maximum absolute atomic E-state index is 12.7. The quantitative estimate of drug-likeness (QED) is 0.547. The Balaban J connectivity index is 1.37. The molecule has 1 aliphatic heterocycles. The van der Waals surface area contributed by atoms with Crippen LogP contribution < -0.4 is 5.32 Å². The summed E-state index contributed by atoms with van der Waals surface area (Å²) in [7, 11) is 0. The van der Waals surface area contributed by atoms with Crippen molar-refractivity contribution in [3.8, 4) is 17.3 Å². The number of urea groups is 1. The van der Waals surface area contributed by atoms with E-state index in [1.54, 1.807) is 24.3 Å². The Morgan fingerprint density at radius 1 is 1.12 bits per heavy atom. The van der Waals surface area contributed by atoms with Crippen molar-refractivity contribution in [1.29, 1.82) is 5.26 Å². The first kappa shape index (κ1) is 22.8. The molecule has 1 aliphatic rings. The van der Waals surface area contributed by atoms with Crippen LogP contribution in [0.15, 0.2) is 53.9 Å². The lowest BCUT2D eigenvalue weighted by Gasteiger charge is -2.36. The molecule has 0 unspecified atom stereocenters. The average Bonchev–Trinajstić information content (AvgIpc) is 3.31. The molecular weight excluding hydrogens is 453 g/mol. The van der Waals surface area contributed by atoms with E-state index >= 15 is 0 Å². The number of carbonyl (C=O) groups excluding carboxylic acids is 1. The second kappa shape index (κ2) is 8.84. The lowest BCUT2D eigenvalue weighted by atomic mass is 9.92. The third-order valence-electron chi connectivity index (χ3n) is 5.55. The maximum atomic E-state index is 12.7. The minimum absolute atomic E-state index is 0.265. The summed E-state index contributed by atoms with van der Waals surface area (Å²) < 4.78 is 38.0. The topological polar surface area (TPSA) is 89.2 Å². The molecule has 3 aromatic rings. The van der Waals surface area contributed by atoms with E-state index in [1.807, 2.05) is 5.38 Å². The van der Waals surface area contributed by atoms with E-state index in [1.165, 1.54) is 28.4 Å². The predicted molar refractivity (Wildman–Crippen MR) is 117 cm³/mol. The van der Waals surface area contributed by atoms with Gasteiger partial charge in [0, 0.05) is 42.6 Å². The summed E-state index contributed by atoms with van der Waals surface area (Å²) in [5, 5.41) is 25.0. The first-order chi connectivity index (χ1) is 15.7. The molecule has 1 saturated heterocycles. The van der Waals surface area contributed by atoms with E-state index in [0.717, 1.165) is 17.7 Å². The van der Waals surface area contributed by atoms with Crippen LogP contribution >= 0.6 is 11.3 Å². The highest BCUT2D eigenvalue weighted by Gasteiger charge is 2.38. The number of hydrogen-bond donors (Lipinski definition) is 2. The molecule has 0 aliphatic carbocycles. The second-order valence-corrected chi connectivity index (χ2v) is 8.61. The van der Waals surface area contributed by atoms with Gasteiger partial charge in [-0.2, -0.15) is 18.4 Å². The third kappa shape index (κ3) is 4.99. The van der Waals surface area contributed by atoms with E-state index in [2.05, 4.69) is 16.4 Å². The van der Waals surface area contributed by atoms with Crippen molar-refractivity contribution in [2.24, 2.45) is 0 Å². The van der Waals surface area contributed by atoms with E-state index in [9.17, 15) is 23.1 Å². The molecule has 4 rings (SSSR count). The fourth-order valence-corrected chi connectivity index (χ4v) is 4.56. The zero-order chi connectivity index (χ0) is 23.6. The summed E-state index contributed by atoms with van der Waals surface area (Å²) in [6, 6.07) is 12.9. The molecule has 0 radical (unpaired) electrons. The van der Waals surface area contributed by atoms with Crippen molar-refractivity contribution in [1.82, 2.24) is 9.88 Å². The normalized spacial score (nSPS) is 15.7. The fraction of sp³-hybridized carbons (Fsp3) is 0.261. The van der Waals surface area contributed by atoms with Crippen molar-refractivity contribution in [3.05, 3.63) is 70.0 Å². The van der Waals surface area contributed by atoms with Gasteiger partial charge in [-0.15, -0.1) is 11.3 Å². The number of nitriles is 1. The molecule has 2 amide bonds. The lowest BCUT2D eigenvalue weighted by molar-refractivity contribution is -0.137. The summed E-state index contributed by atoms with van der Waals surface area (Å²) in [6.45, 7) is 0.545. The second-order valence-electron chi connectivity index (χ2n) is 7.75. The molecule has 2 heterocycles. The monoisotopic (exact) mass is 472 g/mol. The van der Waals surface area contributed by atoms with Gasteiger partial charge in [-0.3, -0.25) is 0 Å². The molecule has 6 nitrogen and oxygen atoms in total. The lowest BCUT2D eigenvalue weighted by Crippen LogP contribution is -2.46. The number of carbonyl (C=O) groups is 1.